The van der Waals surface area contributed by atoms with Crippen molar-refractivity contribution in [1.29, 1.82) is 0 Å². The van der Waals surface area contributed by atoms with Crippen LogP contribution in [0.4, 0.5) is 0 Å². The smallest absolute Gasteiger partial charge is 0.240 e. The van der Waals surface area contributed by atoms with Crippen LogP contribution in [0.25, 0.3) is 0 Å². The standard InChI is InChI=1S/C20H33N5O4/c1-3-13(2)19(21)23-10-4-5-15(25-29)12-18(27)24-17(20(22)28)11-14-6-8-16(26)9-7-14/h6-9,13,15,17,25-26,29H,3-5,10-12H2,1-2H3,(H2,21,23)(H2,22,28)(H,24,27). The van der Waals surface area contributed by atoms with Crippen molar-refractivity contribution in [1.82, 2.24) is 10.8 Å². The van der Waals surface area contributed by atoms with E-state index in [1.807, 2.05) is 13.8 Å². The van der Waals surface area contributed by atoms with Gasteiger partial charge >= 0.3 is 0 Å². The minimum Gasteiger partial charge on any atom is -0.508 e. The predicted molar refractivity (Wildman–Crippen MR) is 111 cm³/mol. The number of nitrogens with one attached hydrogen (secondary N) is 2. The van der Waals surface area contributed by atoms with Crippen LogP contribution >= 0.6 is 0 Å². The van der Waals surface area contributed by atoms with Crippen LogP contribution in [-0.4, -0.2) is 46.6 Å². The number of nitrogens with two attached hydrogens (primary N) is 2. The molecule has 0 heterocycles. The lowest BCUT2D eigenvalue weighted by atomic mass is 10.0. The minimum absolute atomic E-state index is 0.0135. The summed E-state index contributed by atoms with van der Waals surface area (Å²) < 4.78 is 0. The summed E-state index contributed by atoms with van der Waals surface area (Å²) in [7, 11) is 0. The molecule has 0 spiro atoms. The van der Waals surface area contributed by atoms with Crippen molar-refractivity contribution in [2.45, 2.75) is 58.0 Å². The predicted octanol–water partition coefficient (Wildman–Crippen LogP) is 0.826. The number of primary amides is 1. The molecule has 162 valence electrons. The number of amides is 2. The molecule has 29 heavy (non-hydrogen) atoms. The van der Waals surface area contributed by atoms with Gasteiger partial charge in [0.1, 0.15) is 11.8 Å². The third-order valence-corrected chi connectivity index (χ3v) is 4.79. The van der Waals surface area contributed by atoms with E-state index >= 15 is 0 Å². The maximum Gasteiger partial charge on any atom is 0.240 e. The van der Waals surface area contributed by atoms with Crippen molar-refractivity contribution in [2.24, 2.45) is 22.4 Å². The number of nitrogens with zero attached hydrogens (tertiary/aromatic N) is 1. The molecule has 1 rings (SSSR count). The molecule has 9 nitrogen and oxygen atoms in total. The summed E-state index contributed by atoms with van der Waals surface area (Å²) in [6.07, 6.45) is 2.28. The Bertz CT molecular complexity index is 678. The number of benzene rings is 1. The highest BCUT2D eigenvalue weighted by Gasteiger charge is 2.21. The van der Waals surface area contributed by atoms with Crippen LogP contribution in [0, 0.1) is 5.92 Å². The second-order valence-electron chi connectivity index (χ2n) is 7.18. The third-order valence-electron chi connectivity index (χ3n) is 4.79. The van der Waals surface area contributed by atoms with Crippen molar-refractivity contribution in [3.8, 4) is 5.75 Å². The number of hydrogen-bond donors (Lipinski definition) is 6. The monoisotopic (exact) mass is 407 g/mol. The number of phenolic OH excluding ortho intramolecular Hbond substituents is 1. The van der Waals surface area contributed by atoms with Gasteiger partial charge in [0, 0.05) is 31.3 Å². The summed E-state index contributed by atoms with van der Waals surface area (Å²) in [6, 6.07) is 4.94. The van der Waals surface area contributed by atoms with E-state index in [0.29, 0.717) is 25.2 Å². The number of phenols is 1. The number of aromatic hydroxyl groups is 1. The zero-order valence-corrected chi connectivity index (χ0v) is 17.1. The number of amidine groups is 1. The van der Waals surface area contributed by atoms with Crippen molar-refractivity contribution < 1.29 is 19.9 Å². The van der Waals surface area contributed by atoms with Crippen molar-refractivity contribution in [3.63, 3.8) is 0 Å². The third kappa shape index (κ3) is 9.40. The molecule has 0 bridgehead atoms. The molecule has 0 fully saturated rings. The van der Waals surface area contributed by atoms with E-state index in [4.69, 9.17) is 11.5 Å². The number of rotatable bonds is 13. The average molecular weight is 408 g/mol. The Morgan fingerprint density at radius 2 is 1.86 bits per heavy atom. The Morgan fingerprint density at radius 3 is 2.41 bits per heavy atom. The van der Waals surface area contributed by atoms with Gasteiger partial charge in [0.2, 0.25) is 11.8 Å². The average Bonchev–Trinajstić information content (AvgIpc) is 2.70. The van der Waals surface area contributed by atoms with Gasteiger partial charge in [0.05, 0.1) is 5.84 Å². The number of carbonyl (C=O) groups excluding carboxylic acids is 2. The summed E-state index contributed by atoms with van der Waals surface area (Å²) in [5.41, 5.74) is 14.1. The summed E-state index contributed by atoms with van der Waals surface area (Å²) in [6.45, 7) is 4.56. The van der Waals surface area contributed by atoms with E-state index in [9.17, 15) is 19.9 Å². The first kappa shape index (κ1) is 24.4. The van der Waals surface area contributed by atoms with Gasteiger partial charge in [-0.3, -0.25) is 14.6 Å². The second kappa shape index (κ2) is 12.7. The fourth-order valence-corrected chi connectivity index (χ4v) is 2.69. The fraction of sp³-hybridized carbons (Fsp3) is 0.550. The molecule has 0 saturated carbocycles. The highest BCUT2D eigenvalue weighted by molar-refractivity contribution is 5.87. The van der Waals surface area contributed by atoms with Crippen molar-refractivity contribution in [3.05, 3.63) is 29.8 Å². The molecule has 9 heteroatoms. The lowest BCUT2D eigenvalue weighted by Gasteiger charge is -2.19. The zero-order valence-electron chi connectivity index (χ0n) is 17.1. The second-order valence-corrected chi connectivity index (χ2v) is 7.18. The zero-order chi connectivity index (χ0) is 21.8. The topological polar surface area (TPSA) is 163 Å². The highest BCUT2D eigenvalue weighted by Crippen LogP contribution is 2.12. The van der Waals surface area contributed by atoms with Gasteiger partial charge in [-0.15, -0.1) is 0 Å². The number of carbonyl (C=O) groups is 2. The molecule has 0 aliphatic rings. The van der Waals surface area contributed by atoms with Gasteiger partial charge in [-0.05, 0) is 37.0 Å². The highest BCUT2D eigenvalue weighted by atomic mass is 16.5. The maximum atomic E-state index is 12.3. The lowest BCUT2D eigenvalue weighted by molar-refractivity contribution is -0.128. The van der Waals surface area contributed by atoms with Crippen LogP contribution in [0.1, 0.15) is 45.1 Å². The summed E-state index contributed by atoms with van der Waals surface area (Å²) in [5.74, 6) is -0.110. The van der Waals surface area contributed by atoms with E-state index in [1.165, 1.54) is 12.1 Å². The minimum atomic E-state index is -0.883. The molecular formula is C20H33N5O4. The summed E-state index contributed by atoms with van der Waals surface area (Å²) in [5, 5.41) is 21.2. The molecule has 0 aliphatic heterocycles. The Kier molecular flexibility index (Phi) is 10.7. The van der Waals surface area contributed by atoms with Crippen LogP contribution in [-0.2, 0) is 16.0 Å². The molecule has 3 unspecified atom stereocenters. The SMILES string of the molecule is CCC(C)C(N)=NCCCC(CC(=O)NC(Cc1ccc(O)cc1)C(N)=O)NO. The van der Waals surface area contributed by atoms with Gasteiger partial charge in [-0.25, -0.2) is 5.48 Å². The molecule has 0 radical (unpaired) electrons. The molecule has 2 amide bonds. The van der Waals surface area contributed by atoms with Crippen LogP contribution < -0.4 is 22.3 Å². The van der Waals surface area contributed by atoms with Crippen LogP contribution in [0.5, 0.6) is 5.75 Å². The van der Waals surface area contributed by atoms with E-state index in [1.54, 1.807) is 12.1 Å². The van der Waals surface area contributed by atoms with Crippen molar-refractivity contribution in [2.75, 3.05) is 6.54 Å². The Labute approximate surface area is 171 Å². The van der Waals surface area contributed by atoms with Crippen LogP contribution in [0.3, 0.4) is 0 Å². The Hall–Kier alpha value is -2.65. The molecular weight excluding hydrogens is 374 g/mol. The first-order valence-electron chi connectivity index (χ1n) is 9.82. The molecule has 1 aromatic rings. The van der Waals surface area contributed by atoms with E-state index in [2.05, 4.69) is 15.8 Å². The normalized spacial score (nSPS) is 14.8. The number of aliphatic imine (C=N–C) groups is 1. The summed E-state index contributed by atoms with van der Waals surface area (Å²) >= 11 is 0. The maximum absolute atomic E-state index is 12.3. The first-order chi connectivity index (χ1) is 13.8. The van der Waals surface area contributed by atoms with Gasteiger partial charge < -0.3 is 27.1 Å². The van der Waals surface area contributed by atoms with Gasteiger partial charge in [-0.1, -0.05) is 26.0 Å². The molecule has 0 saturated heterocycles. The molecule has 0 aliphatic carbocycles. The van der Waals surface area contributed by atoms with E-state index < -0.39 is 23.9 Å². The molecule has 3 atom stereocenters. The van der Waals surface area contributed by atoms with Gasteiger partial charge in [0.15, 0.2) is 0 Å². The fourth-order valence-electron chi connectivity index (χ4n) is 2.69. The quantitative estimate of drug-likeness (QED) is 0.123. The number of hydroxylamine groups is 1. The van der Waals surface area contributed by atoms with Crippen molar-refractivity contribution >= 4 is 17.6 Å². The molecule has 8 N–H and O–H groups in total. The Morgan fingerprint density at radius 1 is 1.21 bits per heavy atom. The lowest BCUT2D eigenvalue weighted by Crippen LogP contribution is -2.47. The van der Waals surface area contributed by atoms with Crippen LogP contribution in [0.15, 0.2) is 29.3 Å². The van der Waals surface area contributed by atoms with Crippen LogP contribution in [0.2, 0.25) is 0 Å². The molecule has 0 aromatic heterocycles. The Balaban J connectivity index is 2.50. The first-order valence-corrected chi connectivity index (χ1v) is 9.82. The van der Waals surface area contributed by atoms with Gasteiger partial charge in [0.25, 0.3) is 0 Å². The van der Waals surface area contributed by atoms with Gasteiger partial charge in [-0.2, -0.15) is 0 Å². The van der Waals surface area contributed by atoms with E-state index in [0.717, 1.165) is 12.0 Å². The molecule has 1 aromatic carbocycles. The summed E-state index contributed by atoms with van der Waals surface area (Å²) in [4.78, 5) is 28.3. The van der Waals surface area contributed by atoms with E-state index in [-0.39, 0.29) is 24.5 Å². The largest absolute Gasteiger partial charge is 0.508 e. The number of hydrogen-bond acceptors (Lipinski definition) is 6.